The molecule has 3 aliphatic rings. The largest absolute Gasteiger partial charge is 0.493 e. The van der Waals surface area contributed by atoms with Crippen LogP contribution in [-0.4, -0.2) is 61.2 Å². The number of carbonyl (C=O) groups excluding carboxylic acids is 3. The number of piperidine rings is 1. The quantitative estimate of drug-likeness (QED) is 0.405. The normalized spacial score (nSPS) is 23.5. The molecule has 0 spiro atoms. The highest BCUT2D eigenvalue weighted by atomic mass is 16.5. The number of imide groups is 2. The van der Waals surface area contributed by atoms with Crippen LogP contribution < -0.4 is 25.2 Å². The maximum atomic E-state index is 14.6. The number of amides is 4. The Morgan fingerprint density at radius 3 is 2.35 bits per heavy atom. The first-order valence-corrected chi connectivity index (χ1v) is 14.7. The standard InChI is InChI=1S/C33H36N4O6/c1-4-21-8-11-25(12-9-21)37-31(40)33(30(39)34-32(37)41,16-22-10-13-27(42-2)28(15-22)43-3)20-35-17-23-14-24(19-35)26-6-5-7-29(38)36(26)18-23/h5-13,15,23-24H,4,14,16-20H2,1-3H3,(H,34,39,41)/t23-,24+,33+/m1/s1. The highest BCUT2D eigenvalue weighted by molar-refractivity contribution is 6.30. The number of aryl methyl sites for hydroxylation is 1. The van der Waals surface area contributed by atoms with E-state index >= 15 is 0 Å². The number of hydrogen-bond donors (Lipinski definition) is 1. The monoisotopic (exact) mass is 584 g/mol. The Hall–Kier alpha value is -4.44. The molecule has 0 radical (unpaired) electrons. The number of carbonyl (C=O) groups is 3. The number of fused-ring (bicyclic) bond motifs is 4. The van der Waals surface area contributed by atoms with Crippen molar-refractivity contribution in [3.05, 3.63) is 87.8 Å². The highest BCUT2D eigenvalue weighted by Crippen LogP contribution is 2.40. The molecule has 1 aromatic heterocycles. The second-order valence-corrected chi connectivity index (χ2v) is 11.8. The molecule has 4 heterocycles. The van der Waals surface area contributed by atoms with Crippen LogP contribution in [0.25, 0.3) is 0 Å². The summed E-state index contributed by atoms with van der Waals surface area (Å²) in [7, 11) is 3.08. The minimum Gasteiger partial charge on any atom is -0.493 e. The van der Waals surface area contributed by atoms with Crippen LogP contribution in [0.1, 0.15) is 36.1 Å². The van der Waals surface area contributed by atoms with Crippen LogP contribution in [0.4, 0.5) is 10.5 Å². The van der Waals surface area contributed by atoms with Gasteiger partial charge in [0.2, 0.25) is 5.91 Å². The molecule has 3 aliphatic heterocycles. The minimum absolute atomic E-state index is 0.00402. The Kier molecular flexibility index (Phi) is 7.56. The molecule has 1 N–H and O–H groups in total. The van der Waals surface area contributed by atoms with Crippen LogP contribution in [-0.2, 0) is 29.0 Å². The van der Waals surface area contributed by atoms with Crippen molar-refractivity contribution < 1.29 is 23.9 Å². The van der Waals surface area contributed by atoms with Gasteiger partial charge in [0.05, 0.1) is 19.9 Å². The summed E-state index contributed by atoms with van der Waals surface area (Å²) in [6.45, 7) is 3.97. The van der Waals surface area contributed by atoms with Gasteiger partial charge in [-0.05, 0) is 66.6 Å². The van der Waals surface area contributed by atoms with E-state index in [9.17, 15) is 19.2 Å². The third-order valence-corrected chi connectivity index (χ3v) is 9.08. The van der Waals surface area contributed by atoms with Crippen molar-refractivity contribution in [2.75, 3.05) is 38.8 Å². The predicted octanol–water partition coefficient (Wildman–Crippen LogP) is 3.36. The summed E-state index contributed by atoms with van der Waals surface area (Å²) >= 11 is 0. The van der Waals surface area contributed by atoms with Gasteiger partial charge in [0.25, 0.3) is 11.5 Å². The summed E-state index contributed by atoms with van der Waals surface area (Å²) in [4.78, 5) is 57.6. The number of ether oxygens (including phenoxy) is 2. The number of nitrogens with zero attached hydrogens (tertiary/aromatic N) is 3. The zero-order valence-electron chi connectivity index (χ0n) is 24.7. The summed E-state index contributed by atoms with van der Waals surface area (Å²) < 4.78 is 12.8. The second kappa shape index (κ2) is 11.3. The van der Waals surface area contributed by atoms with Gasteiger partial charge in [-0.15, -0.1) is 0 Å². The Balaban J connectivity index is 1.39. The maximum Gasteiger partial charge on any atom is 0.335 e. The van der Waals surface area contributed by atoms with E-state index in [1.165, 1.54) is 7.11 Å². The lowest BCUT2D eigenvalue weighted by Crippen LogP contribution is -2.68. The Bertz CT molecular complexity index is 1630. The van der Waals surface area contributed by atoms with Gasteiger partial charge in [-0.2, -0.15) is 0 Å². The molecular weight excluding hydrogens is 548 g/mol. The van der Waals surface area contributed by atoms with E-state index in [1.54, 1.807) is 43.5 Å². The van der Waals surface area contributed by atoms with Gasteiger partial charge in [0.1, 0.15) is 5.41 Å². The molecule has 2 bridgehead atoms. The molecule has 2 fully saturated rings. The zero-order valence-corrected chi connectivity index (χ0v) is 24.7. The number of likely N-dealkylation sites (tertiary alicyclic amines) is 1. The van der Waals surface area contributed by atoms with Crippen molar-refractivity contribution in [1.29, 1.82) is 0 Å². The number of anilines is 1. The minimum atomic E-state index is -1.60. The third kappa shape index (κ3) is 5.09. The van der Waals surface area contributed by atoms with E-state index < -0.39 is 23.3 Å². The van der Waals surface area contributed by atoms with Crippen LogP contribution >= 0.6 is 0 Å². The van der Waals surface area contributed by atoms with Crippen LogP contribution in [0.2, 0.25) is 0 Å². The number of hydrogen-bond acceptors (Lipinski definition) is 7. The number of barbiturate groups is 1. The summed E-state index contributed by atoms with van der Waals surface area (Å²) in [6, 6.07) is 17.2. The SMILES string of the molecule is CCc1ccc(N2C(=O)NC(=O)[C@](Cc3ccc(OC)c(OC)c3)(CN3C[C@H]4C[C@@H](C3)c3cccc(=O)n3C4)C2=O)cc1. The van der Waals surface area contributed by atoms with E-state index in [-0.39, 0.29) is 30.4 Å². The topological polar surface area (TPSA) is 110 Å². The number of methoxy groups -OCH3 is 2. The molecule has 43 heavy (non-hydrogen) atoms. The Morgan fingerprint density at radius 2 is 1.63 bits per heavy atom. The number of benzene rings is 2. The summed E-state index contributed by atoms with van der Waals surface area (Å²) in [6.07, 6.45) is 1.81. The molecule has 10 heteroatoms. The van der Waals surface area contributed by atoms with Crippen molar-refractivity contribution in [2.24, 2.45) is 11.3 Å². The lowest BCUT2D eigenvalue weighted by molar-refractivity contribution is -0.144. The molecule has 10 nitrogen and oxygen atoms in total. The van der Waals surface area contributed by atoms with Gasteiger partial charge < -0.3 is 18.9 Å². The molecule has 2 aromatic carbocycles. The average molecular weight is 585 g/mol. The Morgan fingerprint density at radius 1 is 0.884 bits per heavy atom. The van der Waals surface area contributed by atoms with Gasteiger partial charge in [0.15, 0.2) is 11.5 Å². The molecule has 0 unspecified atom stereocenters. The number of aromatic nitrogens is 1. The first-order chi connectivity index (χ1) is 20.8. The molecular formula is C33H36N4O6. The predicted molar refractivity (Wildman–Crippen MR) is 161 cm³/mol. The van der Waals surface area contributed by atoms with E-state index in [2.05, 4.69) is 10.2 Å². The van der Waals surface area contributed by atoms with Crippen molar-refractivity contribution in [2.45, 2.75) is 38.6 Å². The van der Waals surface area contributed by atoms with Crippen molar-refractivity contribution in [3.63, 3.8) is 0 Å². The fourth-order valence-corrected chi connectivity index (χ4v) is 6.99. The molecule has 3 aromatic rings. The molecule has 0 aliphatic carbocycles. The van der Waals surface area contributed by atoms with E-state index in [4.69, 9.17) is 9.47 Å². The summed E-state index contributed by atoms with van der Waals surface area (Å²) in [5.41, 5.74) is 1.56. The third-order valence-electron chi connectivity index (χ3n) is 9.08. The Labute approximate surface area is 250 Å². The molecule has 4 amide bonds. The van der Waals surface area contributed by atoms with Crippen LogP contribution in [0.15, 0.2) is 65.5 Å². The molecule has 224 valence electrons. The smallest absolute Gasteiger partial charge is 0.335 e. The number of rotatable bonds is 8. The first kappa shape index (κ1) is 28.7. The van der Waals surface area contributed by atoms with Crippen molar-refractivity contribution in [1.82, 2.24) is 14.8 Å². The van der Waals surface area contributed by atoms with Crippen LogP contribution in [0.3, 0.4) is 0 Å². The average Bonchev–Trinajstić information content (AvgIpc) is 3.01. The molecule has 6 rings (SSSR count). The fourth-order valence-electron chi connectivity index (χ4n) is 6.99. The van der Waals surface area contributed by atoms with E-state index in [0.717, 1.165) is 29.0 Å². The summed E-state index contributed by atoms with van der Waals surface area (Å²) in [5, 5.41) is 2.51. The van der Waals surface area contributed by atoms with E-state index in [1.807, 2.05) is 35.8 Å². The van der Waals surface area contributed by atoms with Crippen LogP contribution in [0, 0.1) is 11.3 Å². The number of urea groups is 1. The lowest BCUT2D eigenvalue weighted by atomic mass is 9.75. The van der Waals surface area contributed by atoms with Gasteiger partial charge in [-0.1, -0.05) is 31.2 Å². The summed E-state index contributed by atoms with van der Waals surface area (Å²) in [5.74, 6) is 0.131. The zero-order chi connectivity index (χ0) is 30.3. The van der Waals surface area contributed by atoms with Crippen LogP contribution in [0.5, 0.6) is 11.5 Å². The fraction of sp³-hybridized carbons (Fsp3) is 0.394. The van der Waals surface area contributed by atoms with Gasteiger partial charge >= 0.3 is 6.03 Å². The first-order valence-electron chi connectivity index (χ1n) is 14.7. The maximum absolute atomic E-state index is 14.6. The highest BCUT2D eigenvalue weighted by Gasteiger charge is 2.56. The second-order valence-electron chi connectivity index (χ2n) is 11.8. The number of pyridine rings is 1. The molecule has 0 saturated carbocycles. The molecule has 2 saturated heterocycles. The number of nitrogens with one attached hydrogen (secondary N) is 1. The van der Waals surface area contributed by atoms with E-state index in [0.29, 0.717) is 42.4 Å². The van der Waals surface area contributed by atoms with Gasteiger partial charge in [-0.3, -0.25) is 19.7 Å². The lowest BCUT2D eigenvalue weighted by Gasteiger charge is -2.47. The molecule has 3 atom stereocenters. The van der Waals surface area contributed by atoms with Crippen molar-refractivity contribution in [3.8, 4) is 11.5 Å². The van der Waals surface area contributed by atoms with Gasteiger partial charge in [-0.25, -0.2) is 9.69 Å². The van der Waals surface area contributed by atoms with Gasteiger partial charge in [0, 0.05) is 43.9 Å². The van der Waals surface area contributed by atoms with Crippen molar-refractivity contribution >= 4 is 23.5 Å².